The first-order valence-corrected chi connectivity index (χ1v) is 4.65. The van der Waals surface area contributed by atoms with Crippen LogP contribution in [-0.2, 0) is 9.84 Å². The molecule has 0 aliphatic heterocycles. The van der Waals surface area contributed by atoms with Crippen molar-refractivity contribution in [1.29, 1.82) is 0 Å². The lowest BCUT2D eigenvalue weighted by Gasteiger charge is -2.11. The topological polar surface area (TPSA) is 34.1 Å². The molecule has 0 bridgehead atoms. The van der Waals surface area contributed by atoms with E-state index in [0.717, 1.165) is 6.26 Å². The Morgan fingerprint density at radius 2 is 1.70 bits per heavy atom. The monoisotopic (exact) mass is 175 g/mol. The van der Waals surface area contributed by atoms with Crippen LogP contribution in [0.25, 0.3) is 0 Å². The Hall–Kier alpha value is -0.195. The average Bonchev–Trinajstić information content (AvgIpc) is 1.57. The summed E-state index contributed by atoms with van der Waals surface area (Å²) >= 11 is 0. The van der Waals surface area contributed by atoms with E-state index in [1.54, 1.807) is 0 Å². The molecule has 7 heteroatoms. The second-order valence-corrected chi connectivity index (χ2v) is 4.39. The first-order chi connectivity index (χ1) is 4.21. The lowest BCUT2D eigenvalue weighted by molar-refractivity contribution is 0.472. The van der Waals surface area contributed by atoms with Gasteiger partial charge in [0.1, 0.15) is 9.84 Å². The van der Waals surface area contributed by atoms with Crippen molar-refractivity contribution in [2.75, 3.05) is 12.0 Å². The zero-order valence-corrected chi connectivity index (χ0v) is 6.17. The largest absolute Gasteiger partial charge is 0.479 e. The van der Waals surface area contributed by atoms with Gasteiger partial charge in [0.15, 0.2) is 0 Å². The molecule has 0 rings (SSSR count). The van der Waals surface area contributed by atoms with Crippen molar-refractivity contribution in [1.82, 2.24) is 0 Å². The van der Waals surface area contributed by atoms with Crippen molar-refractivity contribution in [3.63, 3.8) is 0 Å². The fourth-order valence-electron chi connectivity index (χ4n) is 0.348. The molecule has 0 aliphatic rings. The Labute approximate surface area is 57.4 Å². The van der Waals surface area contributed by atoms with E-state index in [9.17, 15) is 21.4 Å². The maximum absolute atomic E-state index is 11.4. The summed E-state index contributed by atoms with van der Waals surface area (Å²) in [6, 6.07) is 0. The first-order valence-electron chi connectivity index (χ1n) is 2.59. The van der Waals surface area contributed by atoms with Crippen molar-refractivity contribution >= 4 is 16.8 Å². The van der Waals surface area contributed by atoms with Gasteiger partial charge in [-0.3, -0.25) is 0 Å². The Bertz CT molecular complexity index is 194. The summed E-state index contributed by atoms with van der Waals surface area (Å²) in [5.74, 6) is -0.795. The van der Waals surface area contributed by atoms with Crippen LogP contribution in [0.1, 0.15) is 0 Å². The van der Waals surface area contributed by atoms with E-state index in [-0.39, 0.29) is 0 Å². The van der Waals surface area contributed by atoms with E-state index in [4.69, 9.17) is 0 Å². The number of halogens is 3. The molecule has 0 unspecified atom stereocenters. The predicted molar refractivity (Wildman–Crippen MR) is 33.6 cm³/mol. The molecule has 62 valence electrons. The molecule has 10 heavy (non-hydrogen) atoms. The van der Waals surface area contributed by atoms with Gasteiger partial charge in [0.25, 0.3) is 0 Å². The molecule has 0 aromatic heterocycles. The number of hydrogen-bond acceptors (Lipinski definition) is 2. The highest BCUT2D eigenvalue weighted by atomic mass is 32.2. The Kier molecular flexibility index (Phi) is 2.76. The number of sulfone groups is 1. The van der Waals surface area contributed by atoms with Gasteiger partial charge in [0.05, 0.1) is 0 Å². The van der Waals surface area contributed by atoms with E-state index >= 15 is 0 Å². The SMILES string of the molecule is CS(=O)(=O)CC[B-](F)(F)F. The summed E-state index contributed by atoms with van der Waals surface area (Å²) in [5.41, 5.74) is 0. The minimum absolute atomic E-state index is 0.787. The molecule has 0 N–H and O–H groups in total. The van der Waals surface area contributed by atoms with Gasteiger partial charge in [-0.25, -0.2) is 8.42 Å². The van der Waals surface area contributed by atoms with Gasteiger partial charge in [0, 0.05) is 12.0 Å². The summed E-state index contributed by atoms with van der Waals surface area (Å²) in [6.07, 6.45) is -0.409. The van der Waals surface area contributed by atoms with E-state index in [2.05, 4.69) is 0 Å². The molecule has 0 spiro atoms. The van der Waals surface area contributed by atoms with Crippen LogP contribution in [0.2, 0.25) is 6.32 Å². The van der Waals surface area contributed by atoms with E-state index in [0.29, 0.717) is 0 Å². The Morgan fingerprint density at radius 3 is 1.80 bits per heavy atom. The summed E-state index contributed by atoms with van der Waals surface area (Å²) in [5, 5.41) is 0. The van der Waals surface area contributed by atoms with Crippen LogP contribution >= 0.6 is 0 Å². The molecule has 0 saturated heterocycles. The molecule has 0 radical (unpaired) electrons. The Balaban J connectivity index is 3.79. The van der Waals surface area contributed by atoms with Crippen LogP contribution in [0, 0.1) is 0 Å². The van der Waals surface area contributed by atoms with Crippen LogP contribution in [0.15, 0.2) is 0 Å². The predicted octanol–water partition coefficient (Wildman–Crippen LogP) is 0.878. The molecule has 0 fully saturated rings. The van der Waals surface area contributed by atoms with Crippen molar-refractivity contribution in [3.8, 4) is 0 Å². The standard InChI is InChI=1S/C3H7BF3O2S/c1-10(8,9)3-2-4(5,6)7/h2-3H2,1H3/q-1. The van der Waals surface area contributed by atoms with Crippen LogP contribution < -0.4 is 0 Å². The minimum Gasteiger partial charge on any atom is -0.449 e. The molecule has 0 amide bonds. The fourth-order valence-corrected chi connectivity index (χ4v) is 1.04. The van der Waals surface area contributed by atoms with Gasteiger partial charge in [0.2, 0.25) is 0 Å². The quantitative estimate of drug-likeness (QED) is 0.596. The highest BCUT2D eigenvalue weighted by molar-refractivity contribution is 7.90. The van der Waals surface area contributed by atoms with Crippen LogP contribution in [-0.4, -0.2) is 27.4 Å². The van der Waals surface area contributed by atoms with Crippen molar-refractivity contribution in [2.45, 2.75) is 6.32 Å². The summed E-state index contributed by atoms with van der Waals surface area (Å²) in [6.45, 7) is -4.95. The van der Waals surface area contributed by atoms with E-state index in [1.807, 2.05) is 0 Å². The van der Waals surface area contributed by atoms with E-state index in [1.165, 1.54) is 0 Å². The molecular weight excluding hydrogens is 168 g/mol. The summed E-state index contributed by atoms with van der Waals surface area (Å²) in [4.78, 5) is 0. The summed E-state index contributed by atoms with van der Waals surface area (Å²) < 4.78 is 54.5. The third-order valence-electron chi connectivity index (χ3n) is 0.816. The molecular formula is C3H7BF3O2S-. The molecule has 0 aromatic rings. The smallest absolute Gasteiger partial charge is 0.449 e. The molecule has 2 nitrogen and oxygen atoms in total. The first kappa shape index (κ1) is 9.80. The normalized spacial score (nSPS) is 13.6. The van der Waals surface area contributed by atoms with Crippen LogP contribution in [0.5, 0.6) is 0 Å². The number of hydrogen-bond donors (Lipinski definition) is 0. The zero-order valence-electron chi connectivity index (χ0n) is 5.35. The maximum Gasteiger partial charge on any atom is 0.479 e. The lowest BCUT2D eigenvalue weighted by Crippen LogP contribution is -2.19. The summed E-state index contributed by atoms with van der Waals surface area (Å²) in [7, 11) is -3.46. The molecule has 0 aliphatic carbocycles. The molecule has 0 aromatic carbocycles. The second kappa shape index (κ2) is 2.81. The van der Waals surface area contributed by atoms with Gasteiger partial charge >= 0.3 is 6.98 Å². The van der Waals surface area contributed by atoms with Gasteiger partial charge in [-0.2, -0.15) is 0 Å². The molecule has 0 saturated carbocycles. The minimum atomic E-state index is -4.95. The van der Waals surface area contributed by atoms with Crippen molar-refractivity contribution in [2.24, 2.45) is 0 Å². The highest BCUT2D eigenvalue weighted by Crippen LogP contribution is 2.14. The number of rotatable bonds is 3. The second-order valence-electron chi connectivity index (χ2n) is 2.13. The lowest BCUT2D eigenvalue weighted by atomic mass is 9.88. The van der Waals surface area contributed by atoms with Gasteiger partial charge in [-0.1, -0.05) is 6.32 Å². The zero-order chi connectivity index (χ0) is 8.41. The molecule has 0 heterocycles. The van der Waals surface area contributed by atoms with Gasteiger partial charge in [-0.15, -0.1) is 0 Å². The third-order valence-corrected chi connectivity index (χ3v) is 1.79. The van der Waals surface area contributed by atoms with Gasteiger partial charge < -0.3 is 12.9 Å². The van der Waals surface area contributed by atoms with Crippen molar-refractivity contribution < 1.29 is 21.4 Å². The molecule has 0 atom stereocenters. The van der Waals surface area contributed by atoms with Crippen molar-refractivity contribution in [3.05, 3.63) is 0 Å². The Morgan fingerprint density at radius 1 is 1.30 bits per heavy atom. The fraction of sp³-hybridized carbons (Fsp3) is 1.00. The maximum atomic E-state index is 11.4. The van der Waals surface area contributed by atoms with Crippen LogP contribution in [0.3, 0.4) is 0 Å². The average molecular weight is 175 g/mol. The third kappa shape index (κ3) is 7.80. The van der Waals surface area contributed by atoms with Crippen LogP contribution in [0.4, 0.5) is 12.9 Å². The van der Waals surface area contributed by atoms with E-state index < -0.39 is 28.9 Å². The highest BCUT2D eigenvalue weighted by Gasteiger charge is 2.23. The van der Waals surface area contributed by atoms with Gasteiger partial charge in [-0.05, 0) is 0 Å².